The minimum absolute atomic E-state index is 0.0124. The van der Waals surface area contributed by atoms with Gasteiger partial charge < -0.3 is 25.1 Å². The normalized spacial score (nSPS) is 31.1. The average Bonchev–Trinajstić information content (AvgIpc) is 2.66. The molecule has 1 aliphatic heterocycles. The Morgan fingerprint density at radius 2 is 2.04 bits per heavy atom. The van der Waals surface area contributed by atoms with E-state index >= 15 is 0 Å². The third-order valence-electron chi connectivity index (χ3n) is 5.64. The number of aromatic amines is 1. The molecule has 1 unspecified atom stereocenters. The number of amides is 1. The van der Waals surface area contributed by atoms with Crippen LogP contribution in [0, 0.1) is 0 Å². The molecule has 26 heavy (non-hydrogen) atoms. The molecule has 1 spiro atoms. The number of ether oxygens (including phenoxy) is 2. The van der Waals surface area contributed by atoms with Crippen LogP contribution in [0.1, 0.15) is 36.9 Å². The summed E-state index contributed by atoms with van der Waals surface area (Å²) in [6.07, 6.45) is 6.49. The Balaban J connectivity index is 1.48. The number of methoxy groups -OCH3 is 1. The fourth-order valence-corrected chi connectivity index (χ4v) is 4.11. The summed E-state index contributed by atoms with van der Waals surface area (Å²) in [6, 6.07) is 0. The lowest BCUT2D eigenvalue weighted by Gasteiger charge is -2.42. The molecule has 1 atom stereocenters. The Morgan fingerprint density at radius 3 is 2.77 bits per heavy atom. The predicted octanol–water partition coefficient (Wildman–Crippen LogP) is 0.0993. The first-order valence-corrected chi connectivity index (χ1v) is 9.12. The Bertz CT molecular complexity index is 780. The second-order valence-corrected chi connectivity index (χ2v) is 7.15. The van der Waals surface area contributed by atoms with Gasteiger partial charge in [-0.2, -0.15) is 0 Å². The highest BCUT2D eigenvalue weighted by molar-refractivity contribution is 5.87. The maximum Gasteiger partial charge on any atom is 0.258 e. The molecule has 2 aliphatic carbocycles. The van der Waals surface area contributed by atoms with Crippen molar-refractivity contribution in [2.75, 3.05) is 20.2 Å². The summed E-state index contributed by atoms with van der Waals surface area (Å²) < 4.78 is 11.8. The SMILES string of the molecule is COC1Cc2nc[nH]c(=O)c2C=C1OC1CCC2(CC1)NCCNC2=O. The molecule has 8 heteroatoms. The molecule has 2 heterocycles. The van der Waals surface area contributed by atoms with Crippen LogP contribution in [0.3, 0.4) is 0 Å². The van der Waals surface area contributed by atoms with Crippen molar-refractivity contribution >= 4 is 12.0 Å². The zero-order chi connectivity index (χ0) is 18.1. The number of hydrogen-bond donors (Lipinski definition) is 3. The maximum absolute atomic E-state index is 12.3. The molecule has 4 rings (SSSR count). The molecule has 140 valence electrons. The lowest BCUT2D eigenvalue weighted by molar-refractivity contribution is -0.132. The number of rotatable bonds is 3. The summed E-state index contributed by atoms with van der Waals surface area (Å²) in [5, 5.41) is 6.34. The molecule has 1 aromatic heterocycles. The highest BCUT2D eigenvalue weighted by atomic mass is 16.5. The monoisotopic (exact) mass is 360 g/mol. The largest absolute Gasteiger partial charge is 0.492 e. The van der Waals surface area contributed by atoms with Crippen molar-refractivity contribution in [3.8, 4) is 0 Å². The van der Waals surface area contributed by atoms with Gasteiger partial charge in [0.25, 0.3) is 5.56 Å². The number of fused-ring (bicyclic) bond motifs is 1. The summed E-state index contributed by atoms with van der Waals surface area (Å²) >= 11 is 0. The first-order valence-electron chi connectivity index (χ1n) is 9.12. The molecule has 1 amide bonds. The van der Waals surface area contributed by atoms with Crippen molar-refractivity contribution in [1.29, 1.82) is 0 Å². The molecule has 2 fully saturated rings. The molecule has 0 aromatic carbocycles. The van der Waals surface area contributed by atoms with Gasteiger partial charge in [0.15, 0.2) is 0 Å². The van der Waals surface area contributed by atoms with E-state index in [1.54, 1.807) is 13.2 Å². The number of piperazine rings is 1. The number of hydrogen-bond acceptors (Lipinski definition) is 6. The fraction of sp³-hybridized carbons (Fsp3) is 0.611. The van der Waals surface area contributed by atoms with Crippen molar-refractivity contribution in [2.45, 2.75) is 49.9 Å². The highest BCUT2D eigenvalue weighted by Gasteiger charge is 2.43. The highest BCUT2D eigenvalue weighted by Crippen LogP contribution is 2.34. The maximum atomic E-state index is 12.3. The minimum Gasteiger partial charge on any atom is -0.492 e. The van der Waals surface area contributed by atoms with Gasteiger partial charge in [-0.05, 0) is 31.8 Å². The van der Waals surface area contributed by atoms with Crippen LogP contribution in [-0.2, 0) is 20.7 Å². The van der Waals surface area contributed by atoms with Crippen LogP contribution in [0.4, 0.5) is 0 Å². The number of carbonyl (C=O) groups is 1. The Hall–Kier alpha value is -2.19. The van der Waals surface area contributed by atoms with Crippen molar-refractivity contribution in [3.63, 3.8) is 0 Å². The second-order valence-electron chi connectivity index (χ2n) is 7.15. The van der Waals surface area contributed by atoms with E-state index in [4.69, 9.17) is 9.47 Å². The number of nitrogens with zero attached hydrogens (tertiary/aromatic N) is 1. The van der Waals surface area contributed by atoms with Crippen LogP contribution in [0.25, 0.3) is 6.08 Å². The summed E-state index contributed by atoms with van der Waals surface area (Å²) in [5.41, 5.74) is 0.638. The van der Waals surface area contributed by atoms with Crippen LogP contribution in [-0.4, -0.2) is 53.8 Å². The standard InChI is InChI=1S/C18H24N4O4/c1-25-14-9-13-12(16(23)21-10-20-13)8-15(14)26-11-2-4-18(5-3-11)17(24)19-6-7-22-18/h8,10-11,14,22H,2-7,9H2,1H3,(H,19,24)(H,20,21,23). The molecule has 1 saturated carbocycles. The molecule has 0 bridgehead atoms. The van der Waals surface area contributed by atoms with Gasteiger partial charge in [-0.25, -0.2) is 4.98 Å². The van der Waals surface area contributed by atoms with E-state index in [2.05, 4.69) is 20.6 Å². The van der Waals surface area contributed by atoms with Gasteiger partial charge in [0, 0.05) is 26.6 Å². The molecule has 0 radical (unpaired) electrons. The smallest absolute Gasteiger partial charge is 0.258 e. The van der Waals surface area contributed by atoms with Crippen LogP contribution < -0.4 is 16.2 Å². The summed E-state index contributed by atoms with van der Waals surface area (Å²) in [7, 11) is 1.63. The van der Waals surface area contributed by atoms with Crippen LogP contribution in [0.15, 0.2) is 16.9 Å². The van der Waals surface area contributed by atoms with Gasteiger partial charge in [0.05, 0.1) is 29.2 Å². The van der Waals surface area contributed by atoms with E-state index in [1.165, 1.54) is 6.33 Å². The topological polar surface area (TPSA) is 105 Å². The quantitative estimate of drug-likeness (QED) is 0.706. The van der Waals surface area contributed by atoms with E-state index in [9.17, 15) is 9.59 Å². The van der Waals surface area contributed by atoms with E-state index in [0.29, 0.717) is 24.3 Å². The second kappa shape index (κ2) is 6.85. The van der Waals surface area contributed by atoms with Gasteiger partial charge >= 0.3 is 0 Å². The molecule has 3 N–H and O–H groups in total. The Kier molecular flexibility index (Phi) is 4.54. The van der Waals surface area contributed by atoms with Gasteiger partial charge in [-0.15, -0.1) is 0 Å². The van der Waals surface area contributed by atoms with Crippen LogP contribution >= 0.6 is 0 Å². The van der Waals surface area contributed by atoms with Crippen molar-refractivity contribution in [3.05, 3.63) is 33.7 Å². The molecule has 8 nitrogen and oxygen atoms in total. The molecular weight excluding hydrogens is 336 g/mol. The third-order valence-corrected chi connectivity index (χ3v) is 5.64. The van der Waals surface area contributed by atoms with Crippen molar-refractivity contribution in [1.82, 2.24) is 20.6 Å². The number of aromatic nitrogens is 2. The van der Waals surface area contributed by atoms with Gasteiger partial charge in [0.2, 0.25) is 5.91 Å². The minimum atomic E-state index is -0.451. The van der Waals surface area contributed by atoms with Crippen LogP contribution in [0.5, 0.6) is 0 Å². The van der Waals surface area contributed by atoms with E-state index in [1.807, 2.05) is 0 Å². The van der Waals surface area contributed by atoms with E-state index < -0.39 is 5.54 Å². The van der Waals surface area contributed by atoms with Gasteiger partial charge in [-0.3, -0.25) is 9.59 Å². The first-order chi connectivity index (χ1) is 12.6. The van der Waals surface area contributed by atoms with E-state index in [-0.39, 0.29) is 23.7 Å². The predicted molar refractivity (Wildman–Crippen MR) is 94.4 cm³/mol. The number of nitrogens with one attached hydrogen (secondary N) is 3. The lowest BCUT2D eigenvalue weighted by atomic mass is 9.78. The summed E-state index contributed by atoms with van der Waals surface area (Å²) in [4.78, 5) is 31.1. The Morgan fingerprint density at radius 1 is 1.23 bits per heavy atom. The molecular formula is C18H24N4O4. The summed E-state index contributed by atoms with van der Waals surface area (Å²) in [5.74, 6) is 0.765. The van der Waals surface area contributed by atoms with Gasteiger partial charge in [0.1, 0.15) is 11.9 Å². The number of carbonyl (C=O) groups excluding carboxylic acids is 1. The summed E-state index contributed by atoms with van der Waals surface area (Å²) in [6.45, 7) is 1.49. The average molecular weight is 360 g/mol. The number of H-pyrrole nitrogens is 1. The van der Waals surface area contributed by atoms with E-state index in [0.717, 1.165) is 37.9 Å². The van der Waals surface area contributed by atoms with Gasteiger partial charge in [-0.1, -0.05) is 0 Å². The Labute approximate surface area is 151 Å². The zero-order valence-corrected chi connectivity index (χ0v) is 14.8. The zero-order valence-electron chi connectivity index (χ0n) is 14.8. The third kappa shape index (κ3) is 3.03. The first kappa shape index (κ1) is 17.2. The van der Waals surface area contributed by atoms with Crippen molar-refractivity contribution in [2.24, 2.45) is 0 Å². The molecule has 3 aliphatic rings. The van der Waals surface area contributed by atoms with Crippen LogP contribution in [0.2, 0.25) is 0 Å². The molecule has 1 aromatic rings. The molecule has 1 saturated heterocycles. The fourth-order valence-electron chi connectivity index (χ4n) is 4.11. The van der Waals surface area contributed by atoms with Crippen molar-refractivity contribution < 1.29 is 14.3 Å². The lowest BCUT2D eigenvalue weighted by Crippen LogP contribution is -2.64.